The molecular formula is C17H17NO2S. The number of furan rings is 1. The largest absolute Gasteiger partial charge is 0.464 e. The molecule has 3 aromatic rings. The van der Waals surface area contributed by atoms with Gasteiger partial charge in [0.25, 0.3) is 0 Å². The summed E-state index contributed by atoms with van der Waals surface area (Å²) in [4.78, 5) is 15.8. The van der Waals surface area contributed by atoms with Crippen molar-refractivity contribution in [2.45, 2.75) is 6.42 Å². The molecule has 0 aliphatic carbocycles. The van der Waals surface area contributed by atoms with Gasteiger partial charge in [0, 0.05) is 16.8 Å². The maximum atomic E-state index is 12.4. The monoisotopic (exact) mass is 299 g/mol. The number of benzene rings is 1. The van der Waals surface area contributed by atoms with Crippen LogP contribution in [0.3, 0.4) is 0 Å². The molecule has 0 fully saturated rings. The molecule has 0 spiro atoms. The van der Waals surface area contributed by atoms with Crippen LogP contribution in [0, 0.1) is 0 Å². The lowest BCUT2D eigenvalue weighted by Crippen LogP contribution is -2.27. The van der Waals surface area contributed by atoms with Crippen LogP contribution in [0.5, 0.6) is 0 Å². The number of rotatable bonds is 6. The lowest BCUT2D eigenvalue weighted by molar-refractivity contribution is 0.0947. The van der Waals surface area contributed by atoms with Gasteiger partial charge in [0.05, 0.1) is 12.1 Å². The Kier molecular flexibility index (Phi) is 4.18. The number of carbonyl (C=O) groups excluding carboxylic acids is 1. The van der Waals surface area contributed by atoms with Gasteiger partial charge in [0.2, 0.25) is 0 Å². The number of hydrogen-bond donors (Lipinski definition) is 0. The molecule has 21 heavy (non-hydrogen) atoms. The van der Waals surface area contributed by atoms with Gasteiger partial charge >= 0.3 is 0 Å². The quantitative estimate of drug-likeness (QED) is 0.648. The molecule has 2 heterocycles. The smallest absolute Gasteiger partial charge is 0.180 e. The lowest BCUT2D eigenvalue weighted by atomic mass is 10.1. The topological polar surface area (TPSA) is 33.5 Å². The van der Waals surface area contributed by atoms with E-state index in [1.165, 1.54) is 4.88 Å². The van der Waals surface area contributed by atoms with Crippen molar-refractivity contribution in [1.82, 2.24) is 4.90 Å². The molecule has 3 nitrogen and oxygen atoms in total. The van der Waals surface area contributed by atoms with Gasteiger partial charge in [-0.15, -0.1) is 11.3 Å². The van der Waals surface area contributed by atoms with Crippen LogP contribution >= 0.6 is 11.3 Å². The van der Waals surface area contributed by atoms with Crippen molar-refractivity contribution in [3.63, 3.8) is 0 Å². The highest BCUT2D eigenvalue weighted by molar-refractivity contribution is 7.09. The molecule has 0 aliphatic rings. The van der Waals surface area contributed by atoms with E-state index in [0.717, 1.165) is 23.9 Å². The first-order valence-electron chi connectivity index (χ1n) is 6.94. The first kappa shape index (κ1) is 14.0. The minimum absolute atomic E-state index is 0.105. The number of hydrogen-bond acceptors (Lipinski definition) is 4. The number of Topliss-reactive ketones (excluding diaryl/α,β-unsaturated/α-hetero) is 1. The zero-order chi connectivity index (χ0) is 14.7. The van der Waals surface area contributed by atoms with Crippen molar-refractivity contribution in [2.24, 2.45) is 0 Å². The summed E-state index contributed by atoms with van der Waals surface area (Å²) in [7, 11) is 1.98. The highest BCUT2D eigenvalue weighted by Gasteiger charge is 2.15. The Labute approximate surface area is 127 Å². The highest BCUT2D eigenvalue weighted by atomic mass is 32.1. The molecule has 2 aromatic heterocycles. The number of carbonyl (C=O) groups is 1. The minimum atomic E-state index is 0.105. The van der Waals surface area contributed by atoms with Crippen LogP contribution in [0.1, 0.15) is 15.2 Å². The van der Waals surface area contributed by atoms with Gasteiger partial charge in [0.15, 0.2) is 5.78 Å². The molecule has 4 heteroatoms. The predicted molar refractivity (Wildman–Crippen MR) is 86.1 cm³/mol. The Bertz CT molecular complexity index is 730. The van der Waals surface area contributed by atoms with E-state index in [9.17, 15) is 4.79 Å². The number of thiophene rings is 1. The van der Waals surface area contributed by atoms with E-state index in [0.29, 0.717) is 12.1 Å². The summed E-state index contributed by atoms with van der Waals surface area (Å²) in [6.07, 6.45) is 2.55. The second kappa shape index (κ2) is 6.24. The average Bonchev–Trinajstić information content (AvgIpc) is 3.14. The van der Waals surface area contributed by atoms with E-state index in [1.54, 1.807) is 17.6 Å². The third kappa shape index (κ3) is 3.23. The molecule has 0 saturated carbocycles. The standard InChI is InChI=1S/C17H17NO2S/c1-18(9-8-13-5-4-10-21-13)11-16(19)15-12-20-17-7-3-2-6-14(15)17/h2-7,10,12H,8-9,11H2,1H3. The van der Waals surface area contributed by atoms with Crippen LogP contribution in [0.15, 0.2) is 52.5 Å². The molecule has 0 N–H and O–H groups in total. The fraction of sp³-hybridized carbons (Fsp3) is 0.235. The van der Waals surface area contributed by atoms with E-state index in [1.807, 2.05) is 31.3 Å². The van der Waals surface area contributed by atoms with Crippen LogP contribution in [0.4, 0.5) is 0 Å². The Morgan fingerprint density at radius 1 is 1.24 bits per heavy atom. The summed E-state index contributed by atoms with van der Waals surface area (Å²) in [6, 6.07) is 11.8. The molecule has 0 amide bonds. The zero-order valence-corrected chi connectivity index (χ0v) is 12.7. The average molecular weight is 299 g/mol. The molecule has 0 bridgehead atoms. The molecule has 0 aliphatic heterocycles. The molecule has 3 rings (SSSR count). The van der Waals surface area contributed by atoms with Crippen molar-refractivity contribution >= 4 is 28.1 Å². The Morgan fingerprint density at radius 3 is 2.90 bits per heavy atom. The number of nitrogens with zero attached hydrogens (tertiary/aromatic N) is 1. The molecule has 0 atom stereocenters. The minimum Gasteiger partial charge on any atom is -0.464 e. The molecular weight excluding hydrogens is 282 g/mol. The van der Waals surface area contributed by atoms with E-state index < -0.39 is 0 Å². The summed E-state index contributed by atoms with van der Waals surface area (Å²) in [5, 5.41) is 2.98. The van der Waals surface area contributed by atoms with Gasteiger partial charge in [0.1, 0.15) is 11.8 Å². The van der Waals surface area contributed by atoms with Gasteiger partial charge in [-0.2, -0.15) is 0 Å². The summed E-state index contributed by atoms with van der Waals surface area (Å²) < 4.78 is 5.43. The van der Waals surface area contributed by atoms with Gasteiger partial charge < -0.3 is 4.42 Å². The zero-order valence-electron chi connectivity index (χ0n) is 11.9. The first-order chi connectivity index (χ1) is 10.2. The summed E-state index contributed by atoms with van der Waals surface area (Å²) in [5.74, 6) is 0.105. The van der Waals surface area contributed by atoms with E-state index in [2.05, 4.69) is 22.4 Å². The SMILES string of the molecule is CN(CCc1cccs1)CC(=O)c1coc2ccccc12. The van der Waals surface area contributed by atoms with Crippen molar-refractivity contribution in [3.05, 3.63) is 58.5 Å². The molecule has 0 radical (unpaired) electrons. The second-order valence-electron chi connectivity index (χ2n) is 5.14. The van der Waals surface area contributed by atoms with Crippen LogP contribution < -0.4 is 0 Å². The van der Waals surface area contributed by atoms with Gasteiger partial charge in [-0.05, 0) is 31.0 Å². The maximum Gasteiger partial charge on any atom is 0.180 e. The lowest BCUT2D eigenvalue weighted by Gasteiger charge is -2.14. The van der Waals surface area contributed by atoms with E-state index in [-0.39, 0.29) is 5.78 Å². The Balaban J connectivity index is 1.63. The molecule has 1 aromatic carbocycles. The summed E-state index contributed by atoms with van der Waals surface area (Å²) in [6.45, 7) is 1.29. The summed E-state index contributed by atoms with van der Waals surface area (Å²) in [5.41, 5.74) is 1.44. The number of fused-ring (bicyclic) bond motifs is 1. The number of ketones is 1. The van der Waals surface area contributed by atoms with Crippen LogP contribution in [-0.2, 0) is 6.42 Å². The first-order valence-corrected chi connectivity index (χ1v) is 7.82. The van der Waals surface area contributed by atoms with E-state index in [4.69, 9.17) is 4.42 Å². The third-order valence-electron chi connectivity index (χ3n) is 3.51. The summed E-state index contributed by atoms with van der Waals surface area (Å²) >= 11 is 1.76. The van der Waals surface area contributed by atoms with Crippen molar-refractivity contribution in [2.75, 3.05) is 20.1 Å². The Hall–Kier alpha value is -1.91. The van der Waals surface area contributed by atoms with Crippen molar-refractivity contribution in [1.29, 1.82) is 0 Å². The fourth-order valence-electron chi connectivity index (χ4n) is 2.36. The highest BCUT2D eigenvalue weighted by Crippen LogP contribution is 2.21. The number of para-hydroxylation sites is 1. The fourth-order valence-corrected chi connectivity index (χ4v) is 3.06. The Morgan fingerprint density at radius 2 is 2.10 bits per heavy atom. The van der Waals surface area contributed by atoms with Gasteiger partial charge in [-0.1, -0.05) is 24.3 Å². The van der Waals surface area contributed by atoms with Crippen molar-refractivity contribution < 1.29 is 9.21 Å². The van der Waals surface area contributed by atoms with Crippen molar-refractivity contribution in [3.8, 4) is 0 Å². The third-order valence-corrected chi connectivity index (χ3v) is 4.45. The van der Waals surface area contributed by atoms with E-state index >= 15 is 0 Å². The van der Waals surface area contributed by atoms with Crippen LogP contribution in [-0.4, -0.2) is 30.8 Å². The van der Waals surface area contributed by atoms with Gasteiger partial charge in [-0.3, -0.25) is 9.69 Å². The molecule has 108 valence electrons. The van der Waals surface area contributed by atoms with Crippen LogP contribution in [0.2, 0.25) is 0 Å². The van der Waals surface area contributed by atoms with Gasteiger partial charge in [-0.25, -0.2) is 0 Å². The second-order valence-corrected chi connectivity index (χ2v) is 6.17. The normalized spacial score (nSPS) is 11.3. The number of likely N-dealkylation sites (N-methyl/N-ethyl adjacent to an activating group) is 1. The predicted octanol–water partition coefficient (Wildman–Crippen LogP) is 3.85. The molecule has 0 saturated heterocycles. The van der Waals surface area contributed by atoms with Crippen LogP contribution in [0.25, 0.3) is 11.0 Å². The maximum absolute atomic E-state index is 12.4. The molecule has 0 unspecified atom stereocenters.